The first-order valence-electron chi connectivity index (χ1n) is 8.06. The highest BCUT2D eigenvalue weighted by molar-refractivity contribution is 7.03. The van der Waals surface area contributed by atoms with E-state index in [9.17, 15) is 4.79 Å². The molecule has 1 N–H and O–H groups in total. The first-order valence-corrected chi connectivity index (χ1v) is 8.90. The van der Waals surface area contributed by atoms with Crippen LogP contribution in [0.15, 0.2) is 17.6 Å². The first-order chi connectivity index (χ1) is 11.8. The number of amides is 1. The lowest BCUT2D eigenvalue weighted by atomic mass is 9.93. The summed E-state index contributed by atoms with van der Waals surface area (Å²) in [6.07, 6.45) is 5.33. The van der Waals surface area contributed by atoms with Gasteiger partial charge in [-0.05, 0) is 36.9 Å². The second-order valence-electron chi connectivity index (χ2n) is 5.95. The van der Waals surface area contributed by atoms with Crippen molar-refractivity contribution in [2.75, 3.05) is 25.1 Å². The Bertz CT molecular complexity index is 706. The topological polar surface area (TPSA) is 93.1 Å². The Balaban J connectivity index is 1.56. The summed E-state index contributed by atoms with van der Waals surface area (Å²) < 4.78 is 9.33. The van der Waals surface area contributed by atoms with E-state index in [1.165, 1.54) is 30.8 Å². The van der Waals surface area contributed by atoms with Crippen molar-refractivity contribution in [3.8, 4) is 0 Å². The van der Waals surface area contributed by atoms with Gasteiger partial charge in [0, 0.05) is 24.2 Å². The molecule has 3 heterocycles. The molecule has 2 fully saturated rings. The number of morpholine rings is 1. The van der Waals surface area contributed by atoms with Crippen LogP contribution < -0.4 is 5.32 Å². The van der Waals surface area contributed by atoms with Crippen molar-refractivity contribution in [3.63, 3.8) is 0 Å². The molecule has 1 aliphatic carbocycles. The van der Waals surface area contributed by atoms with Crippen LogP contribution in [0.1, 0.15) is 41.6 Å². The molecule has 126 valence electrons. The third kappa shape index (κ3) is 3.09. The van der Waals surface area contributed by atoms with Crippen molar-refractivity contribution in [3.05, 3.63) is 29.2 Å². The van der Waals surface area contributed by atoms with Gasteiger partial charge >= 0.3 is 0 Å². The summed E-state index contributed by atoms with van der Waals surface area (Å²) >= 11 is 1.17. The summed E-state index contributed by atoms with van der Waals surface area (Å²) in [5.74, 6) is 1.24. The van der Waals surface area contributed by atoms with E-state index in [0.29, 0.717) is 37.3 Å². The van der Waals surface area contributed by atoms with Gasteiger partial charge in [0.2, 0.25) is 0 Å². The zero-order valence-electron chi connectivity index (χ0n) is 13.1. The Labute approximate surface area is 143 Å². The minimum Gasteiger partial charge on any atom is -0.377 e. The summed E-state index contributed by atoms with van der Waals surface area (Å²) in [4.78, 5) is 23.4. The van der Waals surface area contributed by atoms with Crippen molar-refractivity contribution in [1.29, 1.82) is 0 Å². The number of ether oxygens (including phenoxy) is 1. The molecule has 0 aromatic carbocycles. The number of hydrogen-bond acceptors (Lipinski definition) is 8. The predicted molar refractivity (Wildman–Crippen MR) is 87.8 cm³/mol. The highest BCUT2D eigenvalue weighted by Crippen LogP contribution is 2.26. The quantitative estimate of drug-likeness (QED) is 0.897. The third-order valence-corrected chi connectivity index (χ3v) is 4.90. The van der Waals surface area contributed by atoms with Crippen LogP contribution in [0.2, 0.25) is 0 Å². The van der Waals surface area contributed by atoms with Gasteiger partial charge in [-0.1, -0.05) is 4.49 Å². The molecule has 0 spiro atoms. The maximum absolute atomic E-state index is 12.7. The van der Waals surface area contributed by atoms with Gasteiger partial charge in [0.05, 0.1) is 13.2 Å². The van der Waals surface area contributed by atoms with E-state index in [0.717, 1.165) is 5.82 Å². The standard InChI is InChI=1S/C15H18N6O2S/c22-15(11-9-24-20-19-11)21-6-7-23-8-12(21)14-16-5-4-13(18-14)17-10-2-1-3-10/h4-5,9-10,12H,1-3,6-8H2,(H,16,17,18). The summed E-state index contributed by atoms with van der Waals surface area (Å²) in [6, 6.07) is 2.05. The van der Waals surface area contributed by atoms with Crippen LogP contribution in [-0.2, 0) is 4.74 Å². The number of nitrogens with one attached hydrogen (secondary N) is 1. The maximum atomic E-state index is 12.7. The molecule has 1 atom stereocenters. The van der Waals surface area contributed by atoms with Crippen LogP contribution in [0.5, 0.6) is 0 Å². The highest BCUT2D eigenvalue weighted by Gasteiger charge is 2.32. The average Bonchev–Trinajstić information content (AvgIpc) is 3.12. The fourth-order valence-electron chi connectivity index (χ4n) is 2.84. The second kappa shape index (κ2) is 6.78. The van der Waals surface area contributed by atoms with E-state index < -0.39 is 0 Å². The molecule has 2 aromatic heterocycles. The summed E-state index contributed by atoms with van der Waals surface area (Å²) in [6.45, 7) is 1.38. The minimum atomic E-state index is -0.309. The van der Waals surface area contributed by atoms with Crippen LogP contribution in [-0.4, -0.2) is 56.2 Å². The number of aromatic nitrogens is 4. The molecule has 1 amide bonds. The number of anilines is 1. The molecule has 1 saturated carbocycles. The van der Waals surface area contributed by atoms with Gasteiger partial charge in [0.15, 0.2) is 11.5 Å². The van der Waals surface area contributed by atoms with Crippen molar-refractivity contribution >= 4 is 23.3 Å². The lowest BCUT2D eigenvalue weighted by Gasteiger charge is -2.34. The number of carbonyl (C=O) groups is 1. The van der Waals surface area contributed by atoms with Crippen LogP contribution >= 0.6 is 11.5 Å². The number of carbonyl (C=O) groups excluding carboxylic acids is 1. The van der Waals surface area contributed by atoms with Crippen molar-refractivity contribution < 1.29 is 9.53 Å². The molecule has 1 aliphatic heterocycles. The van der Waals surface area contributed by atoms with E-state index in [1.807, 2.05) is 6.07 Å². The molecule has 0 bridgehead atoms. The van der Waals surface area contributed by atoms with Gasteiger partial charge in [-0.2, -0.15) is 0 Å². The summed E-state index contributed by atoms with van der Waals surface area (Å²) in [5.41, 5.74) is 0.357. The second-order valence-corrected chi connectivity index (χ2v) is 6.56. The van der Waals surface area contributed by atoms with Crippen LogP contribution in [0.4, 0.5) is 5.82 Å². The molecule has 2 aromatic rings. The lowest BCUT2D eigenvalue weighted by Crippen LogP contribution is -2.44. The van der Waals surface area contributed by atoms with Gasteiger partial charge < -0.3 is 15.0 Å². The first kappa shape index (κ1) is 15.4. The van der Waals surface area contributed by atoms with Gasteiger partial charge in [0.25, 0.3) is 5.91 Å². The minimum absolute atomic E-state index is 0.155. The highest BCUT2D eigenvalue weighted by atomic mass is 32.1. The normalized spacial score (nSPS) is 21.3. The Kier molecular flexibility index (Phi) is 4.35. The molecule has 24 heavy (non-hydrogen) atoms. The van der Waals surface area contributed by atoms with Crippen LogP contribution in [0.25, 0.3) is 0 Å². The van der Waals surface area contributed by atoms with Gasteiger partial charge in [0.1, 0.15) is 11.9 Å². The van der Waals surface area contributed by atoms with Crippen LogP contribution in [0, 0.1) is 0 Å². The van der Waals surface area contributed by atoms with E-state index in [4.69, 9.17) is 4.74 Å². The van der Waals surface area contributed by atoms with Gasteiger partial charge in [-0.3, -0.25) is 4.79 Å². The Morgan fingerprint density at radius 3 is 3.08 bits per heavy atom. The summed E-state index contributed by atoms with van der Waals surface area (Å²) in [7, 11) is 0. The molecule has 1 unspecified atom stereocenters. The molecule has 1 saturated heterocycles. The maximum Gasteiger partial charge on any atom is 0.276 e. The number of rotatable bonds is 4. The molecule has 0 radical (unpaired) electrons. The average molecular weight is 346 g/mol. The largest absolute Gasteiger partial charge is 0.377 e. The molecule has 4 rings (SSSR count). The Morgan fingerprint density at radius 1 is 1.42 bits per heavy atom. The summed E-state index contributed by atoms with van der Waals surface area (Å²) in [5, 5.41) is 8.95. The number of hydrogen-bond donors (Lipinski definition) is 1. The zero-order valence-corrected chi connectivity index (χ0v) is 13.9. The number of nitrogens with zero attached hydrogens (tertiary/aromatic N) is 5. The SMILES string of the molecule is O=C(c1csnn1)N1CCOCC1c1nccc(NC2CCC2)n1. The van der Waals surface area contributed by atoms with Crippen molar-refractivity contribution in [2.24, 2.45) is 0 Å². The molecule has 9 heteroatoms. The van der Waals surface area contributed by atoms with E-state index >= 15 is 0 Å². The lowest BCUT2D eigenvalue weighted by molar-refractivity contribution is -0.00549. The van der Waals surface area contributed by atoms with Crippen molar-refractivity contribution in [2.45, 2.75) is 31.3 Å². The predicted octanol–water partition coefficient (Wildman–Crippen LogP) is 1.51. The fraction of sp³-hybridized carbons (Fsp3) is 0.533. The van der Waals surface area contributed by atoms with E-state index in [1.54, 1.807) is 16.5 Å². The fourth-order valence-corrected chi connectivity index (χ4v) is 3.27. The zero-order chi connectivity index (χ0) is 16.4. The smallest absolute Gasteiger partial charge is 0.276 e. The Morgan fingerprint density at radius 2 is 2.33 bits per heavy atom. The monoisotopic (exact) mass is 346 g/mol. The Hall–Kier alpha value is -2.13. The van der Waals surface area contributed by atoms with Gasteiger partial charge in [-0.25, -0.2) is 9.97 Å². The van der Waals surface area contributed by atoms with Crippen LogP contribution in [0.3, 0.4) is 0 Å². The third-order valence-electron chi connectivity index (χ3n) is 4.40. The molecule has 8 nitrogen and oxygen atoms in total. The molecule has 2 aliphatic rings. The molecular weight excluding hydrogens is 328 g/mol. The van der Waals surface area contributed by atoms with Crippen molar-refractivity contribution in [1.82, 2.24) is 24.5 Å². The van der Waals surface area contributed by atoms with E-state index in [-0.39, 0.29) is 11.9 Å². The molecular formula is C15H18N6O2S. The van der Waals surface area contributed by atoms with E-state index in [2.05, 4.69) is 24.9 Å². The van der Waals surface area contributed by atoms with Gasteiger partial charge in [-0.15, -0.1) is 5.10 Å².